The highest BCUT2D eigenvalue weighted by Gasteiger charge is 2.29. The molecule has 1 heterocycles. The van der Waals surface area contributed by atoms with E-state index < -0.39 is 0 Å². The molecule has 2 nitrogen and oxygen atoms in total. The number of β-amino-alcohol motifs (C(OH)–C–C–N with tert-alkyl or cyclic N) is 1. The zero-order chi connectivity index (χ0) is 9.14. The summed E-state index contributed by atoms with van der Waals surface area (Å²) in [6.07, 6.45) is 2.13. The fraction of sp³-hybridized carbons (Fsp3) is 1.00. The summed E-state index contributed by atoms with van der Waals surface area (Å²) in [5, 5.41) is 9.47. The van der Waals surface area contributed by atoms with Gasteiger partial charge < -0.3 is 5.11 Å². The smallest absolute Gasteiger partial charge is 0.0682 e. The molecule has 0 amide bonds. The third-order valence-electron chi connectivity index (χ3n) is 2.66. The molecule has 0 radical (unpaired) electrons. The molecular weight excluding hydrogens is 150 g/mol. The minimum absolute atomic E-state index is 0.0753. The zero-order valence-electron chi connectivity index (χ0n) is 8.45. The lowest BCUT2D eigenvalue weighted by Crippen LogP contribution is -2.30. The van der Waals surface area contributed by atoms with Gasteiger partial charge in [0.25, 0.3) is 0 Å². The summed E-state index contributed by atoms with van der Waals surface area (Å²) in [6, 6.07) is 0.630. The van der Waals surface area contributed by atoms with E-state index in [0.717, 1.165) is 25.4 Å². The lowest BCUT2D eigenvalue weighted by Gasteiger charge is -2.23. The number of aliphatic hydroxyl groups is 1. The van der Waals surface area contributed by atoms with Crippen molar-refractivity contribution in [3.05, 3.63) is 0 Å². The van der Waals surface area contributed by atoms with Gasteiger partial charge in [-0.15, -0.1) is 0 Å². The molecule has 0 aromatic rings. The number of hydrogen-bond acceptors (Lipinski definition) is 2. The first-order chi connectivity index (χ1) is 5.63. The summed E-state index contributed by atoms with van der Waals surface area (Å²) in [4.78, 5) is 2.39. The second-order valence-electron chi connectivity index (χ2n) is 4.26. The third kappa shape index (κ3) is 2.46. The van der Waals surface area contributed by atoms with Gasteiger partial charge in [-0.25, -0.2) is 0 Å². The van der Waals surface area contributed by atoms with E-state index in [0.29, 0.717) is 6.04 Å². The van der Waals surface area contributed by atoms with Crippen LogP contribution < -0.4 is 0 Å². The van der Waals surface area contributed by atoms with Gasteiger partial charge in [0.2, 0.25) is 0 Å². The highest BCUT2D eigenvalue weighted by Crippen LogP contribution is 2.22. The number of likely N-dealkylation sites (tertiary alicyclic amines) is 1. The first-order valence-corrected chi connectivity index (χ1v) is 5.05. The summed E-state index contributed by atoms with van der Waals surface area (Å²) in [5.41, 5.74) is 0. The Hall–Kier alpha value is -0.0800. The molecule has 2 atom stereocenters. The second kappa shape index (κ2) is 4.24. The lowest BCUT2D eigenvalue weighted by molar-refractivity contribution is 0.176. The number of aliphatic hydroxyl groups excluding tert-OH is 1. The minimum Gasteiger partial charge on any atom is -0.392 e. The van der Waals surface area contributed by atoms with Gasteiger partial charge >= 0.3 is 0 Å². The molecule has 1 rings (SSSR count). The molecule has 0 unspecified atom stereocenters. The van der Waals surface area contributed by atoms with Crippen LogP contribution in [0.25, 0.3) is 0 Å². The molecule has 1 N–H and O–H groups in total. The summed E-state index contributed by atoms with van der Waals surface area (Å²) in [6.45, 7) is 8.63. The van der Waals surface area contributed by atoms with Crippen molar-refractivity contribution in [1.29, 1.82) is 0 Å². The first kappa shape index (κ1) is 10.0. The number of rotatable bonds is 3. The standard InChI is InChI=1S/C10H21NO/c1-4-11-7-10(12)6-9(11)5-8(2)3/h8-10,12H,4-7H2,1-3H3/t9-,10+/m1/s1. The van der Waals surface area contributed by atoms with Crippen LogP contribution in [0.15, 0.2) is 0 Å². The van der Waals surface area contributed by atoms with Gasteiger partial charge in [0.15, 0.2) is 0 Å². The monoisotopic (exact) mass is 171 g/mol. The van der Waals surface area contributed by atoms with Crippen molar-refractivity contribution < 1.29 is 5.11 Å². The van der Waals surface area contributed by atoms with Crippen molar-refractivity contribution in [3.63, 3.8) is 0 Å². The molecule has 1 saturated heterocycles. The number of nitrogens with zero attached hydrogens (tertiary/aromatic N) is 1. The molecule has 1 aliphatic rings. The molecule has 0 spiro atoms. The minimum atomic E-state index is -0.0753. The molecular formula is C10H21NO. The Balaban J connectivity index is 2.40. The molecule has 2 heteroatoms. The van der Waals surface area contributed by atoms with Crippen LogP contribution in [0, 0.1) is 5.92 Å². The van der Waals surface area contributed by atoms with Crippen LogP contribution in [0.1, 0.15) is 33.6 Å². The number of likely N-dealkylation sites (N-methyl/N-ethyl adjacent to an activating group) is 1. The van der Waals surface area contributed by atoms with Crippen molar-refractivity contribution in [2.75, 3.05) is 13.1 Å². The lowest BCUT2D eigenvalue weighted by atomic mass is 10.0. The van der Waals surface area contributed by atoms with Gasteiger partial charge in [-0.1, -0.05) is 20.8 Å². The molecule has 1 fully saturated rings. The van der Waals surface area contributed by atoms with E-state index >= 15 is 0 Å². The highest BCUT2D eigenvalue weighted by molar-refractivity contribution is 4.84. The van der Waals surface area contributed by atoms with Gasteiger partial charge in [0.1, 0.15) is 0 Å². The van der Waals surface area contributed by atoms with Gasteiger partial charge in [-0.2, -0.15) is 0 Å². The molecule has 1 aliphatic heterocycles. The predicted molar refractivity (Wildman–Crippen MR) is 51.1 cm³/mol. The van der Waals surface area contributed by atoms with Gasteiger partial charge in [-0.3, -0.25) is 4.90 Å². The predicted octanol–water partition coefficient (Wildman–Crippen LogP) is 1.49. The maximum absolute atomic E-state index is 9.47. The average molecular weight is 171 g/mol. The Morgan fingerprint density at radius 2 is 2.17 bits per heavy atom. The molecule has 0 saturated carbocycles. The Kier molecular flexibility index (Phi) is 3.53. The Bertz CT molecular complexity index is 136. The van der Waals surface area contributed by atoms with E-state index in [1.54, 1.807) is 0 Å². The van der Waals surface area contributed by atoms with E-state index in [-0.39, 0.29) is 6.10 Å². The van der Waals surface area contributed by atoms with Crippen molar-refractivity contribution in [3.8, 4) is 0 Å². The second-order valence-corrected chi connectivity index (χ2v) is 4.26. The van der Waals surface area contributed by atoms with E-state index in [4.69, 9.17) is 0 Å². The van der Waals surface area contributed by atoms with E-state index in [1.165, 1.54) is 6.42 Å². The Morgan fingerprint density at radius 1 is 1.50 bits per heavy atom. The first-order valence-electron chi connectivity index (χ1n) is 5.05. The molecule has 0 aromatic carbocycles. The number of hydrogen-bond donors (Lipinski definition) is 1. The van der Waals surface area contributed by atoms with E-state index in [2.05, 4.69) is 25.7 Å². The van der Waals surface area contributed by atoms with Crippen molar-refractivity contribution in [2.45, 2.75) is 45.8 Å². The van der Waals surface area contributed by atoms with Crippen LogP contribution in [0.3, 0.4) is 0 Å². The molecule has 72 valence electrons. The van der Waals surface area contributed by atoms with Gasteiger partial charge in [-0.05, 0) is 25.3 Å². The Morgan fingerprint density at radius 3 is 2.67 bits per heavy atom. The summed E-state index contributed by atoms with van der Waals surface area (Å²) in [5.74, 6) is 0.745. The fourth-order valence-electron chi connectivity index (χ4n) is 2.13. The zero-order valence-corrected chi connectivity index (χ0v) is 8.45. The molecule has 0 aliphatic carbocycles. The van der Waals surface area contributed by atoms with Crippen molar-refractivity contribution in [2.24, 2.45) is 5.92 Å². The third-order valence-corrected chi connectivity index (χ3v) is 2.66. The van der Waals surface area contributed by atoms with Crippen LogP contribution in [-0.2, 0) is 0 Å². The van der Waals surface area contributed by atoms with Crippen molar-refractivity contribution >= 4 is 0 Å². The quantitative estimate of drug-likeness (QED) is 0.695. The van der Waals surface area contributed by atoms with Crippen LogP contribution in [0.2, 0.25) is 0 Å². The topological polar surface area (TPSA) is 23.5 Å². The summed E-state index contributed by atoms with van der Waals surface area (Å²) >= 11 is 0. The molecule has 0 aromatic heterocycles. The molecule has 0 bridgehead atoms. The Labute approximate surface area is 75.6 Å². The van der Waals surface area contributed by atoms with E-state index in [1.807, 2.05) is 0 Å². The van der Waals surface area contributed by atoms with Crippen molar-refractivity contribution in [1.82, 2.24) is 4.90 Å². The van der Waals surface area contributed by atoms with Crippen LogP contribution in [-0.4, -0.2) is 35.2 Å². The van der Waals surface area contributed by atoms with E-state index in [9.17, 15) is 5.11 Å². The highest BCUT2D eigenvalue weighted by atomic mass is 16.3. The largest absolute Gasteiger partial charge is 0.392 e. The van der Waals surface area contributed by atoms with Crippen LogP contribution >= 0.6 is 0 Å². The SMILES string of the molecule is CCN1C[C@@H](O)C[C@H]1CC(C)C. The van der Waals surface area contributed by atoms with Crippen LogP contribution in [0.4, 0.5) is 0 Å². The maximum atomic E-state index is 9.47. The molecule has 12 heavy (non-hydrogen) atoms. The normalized spacial score (nSPS) is 31.8. The maximum Gasteiger partial charge on any atom is 0.0682 e. The van der Waals surface area contributed by atoms with Gasteiger partial charge in [0, 0.05) is 12.6 Å². The fourth-order valence-corrected chi connectivity index (χ4v) is 2.13. The summed E-state index contributed by atoms with van der Waals surface area (Å²) < 4.78 is 0. The summed E-state index contributed by atoms with van der Waals surface area (Å²) in [7, 11) is 0. The van der Waals surface area contributed by atoms with Crippen LogP contribution in [0.5, 0.6) is 0 Å². The average Bonchev–Trinajstić information content (AvgIpc) is 2.29. The van der Waals surface area contributed by atoms with Gasteiger partial charge in [0.05, 0.1) is 6.10 Å².